The van der Waals surface area contributed by atoms with Gasteiger partial charge in [0.15, 0.2) is 0 Å². The molecule has 0 saturated carbocycles. The molecule has 148 valence electrons. The second kappa shape index (κ2) is 8.91. The van der Waals surface area contributed by atoms with Gasteiger partial charge in [-0.1, -0.05) is 43.2 Å². The summed E-state index contributed by atoms with van der Waals surface area (Å²) in [5.41, 5.74) is 5.97. The Morgan fingerprint density at radius 2 is 1.82 bits per heavy atom. The number of rotatable bonds is 8. The minimum Gasteiger partial charge on any atom is -0.370 e. The van der Waals surface area contributed by atoms with Crippen molar-refractivity contribution in [2.75, 3.05) is 23.3 Å². The topological polar surface area (TPSA) is 61.0 Å². The van der Waals surface area contributed by atoms with Crippen molar-refractivity contribution in [1.82, 2.24) is 9.97 Å². The van der Waals surface area contributed by atoms with E-state index in [0.29, 0.717) is 6.42 Å². The third-order valence-electron chi connectivity index (χ3n) is 5.06. The fourth-order valence-corrected chi connectivity index (χ4v) is 3.37. The van der Waals surface area contributed by atoms with Gasteiger partial charge in [0.05, 0.1) is 22.4 Å². The molecule has 3 rings (SSSR count). The van der Waals surface area contributed by atoms with Crippen molar-refractivity contribution in [3.05, 3.63) is 42.0 Å². The van der Waals surface area contributed by atoms with Crippen molar-refractivity contribution in [3.63, 3.8) is 0 Å². The van der Waals surface area contributed by atoms with Gasteiger partial charge in [-0.15, -0.1) is 0 Å². The van der Waals surface area contributed by atoms with E-state index in [1.54, 1.807) is 0 Å². The van der Waals surface area contributed by atoms with Gasteiger partial charge in [-0.3, -0.25) is 4.79 Å². The number of carbonyl (C=O) groups excluding carboxylic acids is 1. The number of benzene rings is 2. The molecule has 1 amide bonds. The number of nitrogens with zero attached hydrogens (tertiary/aromatic N) is 2. The molecule has 0 radical (unpaired) electrons. The van der Waals surface area contributed by atoms with Gasteiger partial charge in [-0.25, -0.2) is 4.98 Å². The summed E-state index contributed by atoms with van der Waals surface area (Å²) in [4.78, 5) is 22.8. The Balaban J connectivity index is 2.02. The SMILES string of the molecule is CCCCC(=O)Nc1cc2[nH]c(-c3ccc(C)cc3)nc2cc1N(CC)CC. The van der Waals surface area contributed by atoms with Gasteiger partial charge in [0.1, 0.15) is 5.82 Å². The van der Waals surface area contributed by atoms with Crippen LogP contribution in [0.25, 0.3) is 22.4 Å². The zero-order chi connectivity index (χ0) is 20.1. The molecule has 0 fully saturated rings. The number of imidazole rings is 1. The Labute approximate surface area is 167 Å². The Kier molecular flexibility index (Phi) is 6.34. The van der Waals surface area contributed by atoms with Gasteiger partial charge in [-0.05, 0) is 39.3 Å². The summed E-state index contributed by atoms with van der Waals surface area (Å²) in [5, 5.41) is 3.11. The van der Waals surface area contributed by atoms with Crippen molar-refractivity contribution in [2.24, 2.45) is 0 Å². The van der Waals surface area contributed by atoms with Crippen LogP contribution in [0, 0.1) is 6.92 Å². The van der Waals surface area contributed by atoms with Crippen LogP contribution < -0.4 is 10.2 Å². The van der Waals surface area contributed by atoms with Crippen molar-refractivity contribution in [2.45, 2.75) is 47.0 Å². The number of fused-ring (bicyclic) bond motifs is 1. The lowest BCUT2D eigenvalue weighted by Gasteiger charge is -2.24. The van der Waals surface area contributed by atoms with E-state index in [-0.39, 0.29) is 5.91 Å². The van der Waals surface area contributed by atoms with Crippen molar-refractivity contribution in [3.8, 4) is 11.4 Å². The number of nitrogens with one attached hydrogen (secondary N) is 2. The minimum absolute atomic E-state index is 0.0629. The minimum atomic E-state index is 0.0629. The number of amides is 1. The van der Waals surface area contributed by atoms with Crippen molar-refractivity contribution >= 4 is 28.3 Å². The molecule has 3 aromatic rings. The monoisotopic (exact) mass is 378 g/mol. The van der Waals surface area contributed by atoms with Crippen LogP contribution in [0.2, 0.25) is 0 Å². The lowest BCUT2D eigenvalue weighted by molar-refractivity contribution is -0.116. The molecule has 2 N–H and O–H groups in total. The van der Waals surface area contributed by atoms with E-state index in [0.717, 1.165) is 59.7 Å². The zero-order valence-electron chi connectivity index (χ0n) is 17.3. The summed E-state index contributed by atoms with van der Waals surface area (Å²) in [7, 11) is 0. The smallest absolute Gasteiger partial charge is 0.224 e. The molecule has 2 aromatic carbocycles. The average molecular weight is 379 g/mol. The molecule has 28 heavy (non-hydrogen) atoms. The van der Waals surface area contributed by atoms with Crippen LogP contribution >= 0.6 is 0 Å². The number of anilines is 2. The summed E-state index contributed by atoms with van der Waals surface area (Å²) in [6.07, 6.45) is 2.45. The van der Waals surface area contributed by atoms with Crippen LogP contribution in [-0.2, 0) is 4.79 Å². The standard InChI is InChI=1S/C23H30N4O/c1-5-8-9-22(28)24-20-14-18-19(15-21(20)27(6-2)7-3)26-23(25-18)17-12-10-16(4)11-13-17/h10-15H,5-9H2,1-4H3,(H,24,28)(H,25,26). The van der Waals surface area contributed by atoms with E-state index in [1.165, 1.54) is 5.56 Å². The Morgan fingerprint density at radius 3 is 2.46 bits per heavy atom. The first-order chi connectivity index (χ1) is 13.5. The van der Waals surface area contributed by atoms with E-state index in [2.05, 4.69) is 73.2 Å². The normalized spacial score (nSPS) is 11.0. The molecule has 0 spiro atoms. The van der Waals surface area contributed by atoms with E-state index >= 15 is 0 Å². The first kappa shape index (κ1) is 19.9. The predicted molar refractivity (Wildman–Crippen MR) is 118 cm³/mol. The second-order valence-electron chi connectivity index (χ2n) is 7.16. The molecule has 0 atom stereocenters. The summed E-state index contributed by atoms with van der Waals surface area (Å²) in [6.45, 7) is 10.2. The maximum Gasteiger partial charge on any atom is 0.224 e. The molecule has 1 aromatic heterocycles. The summed E-state index contributed by atoms with van der Waals surface area (Å²) >= 11 is 0. The van der Waals surface area contributed by atoms with E-state index < -0.39 is 0 Å². The number of unbranched alkanes of at least 4 members (excludes halogenated alkanes) is 1. The fourth-order valence-electron chi connectivity index (χ4n) is 3.37. The third-order valence-corrected chi connectivity index (χ3v) is 5.06. The number of aryl methyl sites for hydroxylation is 1. The molecule has 5 heteroatoms. The van der Waals surface area contributed by atoms with Crippen LogP contribution in [-0.4, -0.2) is 29.0 Å². The van der Waals surface area contributed by atoms with Crippen LogP contribution in [0.3, 0.4) is 0 Å². The van der Waals surface area contributed by atoms with E-state index in [1.807, 2.05) is 6.07 Å². The summed E-state index contributed by atoms with van der Waals surface area (Å²) in [5.74, 6) is 0.905. The van der Waals surface area contributed by atoms with Crippen LogP contribution in [0.1, 0.15) is 45.6 Å². The highest BCUT2D eigenvalue weighted by Gasteiger charge is 2.15. The molecule has 1 heterocycles. The second-order valence-corrected chi connectivity index (χ2v) is 7.16. The van der Waals surface area contributed by atoms with Crippen LogP contribution in [0.4, 0.5) is 11.4 Å². The number of aromatic nitrogens is 2. The number of hydrogen-bond acceptors (Lipinski definition) is 3. The van der Waals surface area contributed by atoms with Crippen molar-refractivity contribution < 1.29 is 4.79 Å². The fraction of sp³-hybridized carbons (Fsp3) is 0.391. The molecule has 0 saturated heterocycles. The third kappa shape index (κ3) is 4.35. The van der Waals surface area contributed by atoms with Crippen molar-refractivity contribution in [1.29, 1.82) is 0 Å². The molecule has 0 aliphatic carbocycles. The summed E-state index contributed by atoms with van der Waals surface area (Å²) in [6, 6.07) is 12.4. The average Bonchev–Trinajstić information content (AvgIpc) is 3.10. The van der Waals surface area contributed by atoms with Gasteiger partial charge in [0.2, 0.25) is 5.91 Å². The molecular formula is C23H30N4O. The maximum absolute atomic E-state index is 12.4. The van der Waals surface area contributed by atoms with Gasteiger partial charge >= 0.3 is 0 Å². The van der Waals surface area contributed by atoms with Crippen LogP contribution in [0.5, 0.6) is 0 Å². The predicted octanol–water partition coefficient (Wildman–Crippen LogP) is 5.51. The number of H-pyrrole nitrogens is 1. The van der Waals surface area contributed by atoms with E-state index in [9.17, 15) is 4.79 Å². The Morgan fingerprint density at radius 1 is 1.11 bits per heavy atom. The Hall–Kier alpha value is -2.82. The molecule has 0 aliphatic heterocycles. The summed E-state index contributed by atoms with van der Waals surface area (Å²) < 4.78 is 0. The maximum atomic E-state index is 12.4. The molecule has 0 unspecified atom stereocenters. The Bertz CT molecular complexity index is 939. The van der Waals surface area contributed by atoms with E-state index in [4.69, 9.17) is 4.98 Å². The molecule has 5 nitrogen and oxygen atoms in total. The van der Waals surface area contributed by atoms with Gasteiger partial charge < -0.3 is 15.2 Å². The zero-order valence-corrected chi connectivity index (χ0v) is 17.3. The number of hydrogen-bond donors (Lipinski definition) is 2. The van der Waals surface area contributed by atoms with Crippen LogP contribution in [0.15, 0.2) is 36.4 Å². The number of aromatic amines is 1. The van der Waals surface area contributed by atoms with Gasteiger partial charge in [-0.2, -0.15) is 0 Å². The lowest BCUT2D eigenvalue weighted by Crippen LogP contribution is -2.24. The molecule has 0 bridgehead atoms. The lowest BCUT2D eigenvalue weighted by atomic mass is 10.1. The van der Waals surface area contributed by atoms with Gasteiger partial charge in [0.25, 0.3) is 0 Å². The molecular weight excluding hydrogens is 348 g/mol. The highest BCUT2D eigenvalue weighted by molar-refractivity contribution is 5.98. The highest BCUT2D eigenvalue weighted by Crippen LogP contribution is 2.32. The number of carbonyl (C=O) groups is 1. The first-order valence-corrected chi connectivity index (χ1v) is 10.2. The highest BCUT2D eigenvalue weighted by atomic mass is 16.1. The largest absolute Gasteiger partial charge is 0.370 e. The quantitative estimate of drug-likeness (QED) is 0.543. The first-order valence-electron chi connectivity index (χ1n) is 10.2. The van der Waals surface area contributed by atoms with Gasteiger partial charge in [0, 0.05) is 25.1 Å². The molecule has 0 aliphatic rings.